The van der Waals surface area contributed by atoms with Gasteiger partial charge in [0, 0.05) is 23.4 Å². The van der Waals surface area contributed by atoms with Crippen molar-refractivity contribution in [1.29, 1.82) is 0 Å². The SMILES string of the molecule is CCCNC(Cc1csc(C)n1)C(C)(CC)N(C)C. The molecule has 1 heterocycles. The molecule has 2 unspecified atom stereocenters. The van der Waals surface area contributed by atoms with Gasteiger partial charge in [-0.2, -0.15) is 0 Å². The molecule has 1 aromatic heterocycles. The van der Waals surface area contributed by atoms with Crippen LogP contribution in [0.5, 0.6) is 0 Å². The molecule has 1 rings (SSSR count). The summed E-state index contributed by atoms with van der Waals surface area (Å²) in [7, 11) is 4.35. The van der Waals surface area contributed by atoms with Crippen molar-refractivity contribution in [1.82, 2.24) is 15.2 Å². The van der Waals surface area contributed by atoms with Gasteiger partial charge in [0.05, 0.1) is 10.7 Å². The number of hydrogen-bond acceptors (Lipinski definition) is 4. The lowest BCUT2D eigenvalue weighted by Crippen LogP contribution is -2.58. The lowest BCUT2D eigenvalue weighted by Gasteiger charge is -2.43. The van der Waals surface area contributed by atoms with Gasteiger partial charge in [0.25, 0.3) is 0 Å². The molecule has 0 saturated carbocycles. The summed E-state index contributed by atoms with van der Waals surface area (Å²) in [6.45, 7) is 9.98. The summed E-state index contributed by atoms with van der Waals surface area (Å²) >= 11 is 1.74. The third-order valence-corrected chi connectivity index (χ3v) is 5.03. The smallest absolute Gasteiger partial charge is 0.0897 e. The van der Waals surface area contributed by atoms with E-state index in [-0.39, 0.29) is 5.54 Å². The Balaban J connectivity index is 2.86. The molecule has 0 amide bonds. The molecule has 0 aliphatic rings. The fraction of sp³-hybridized carbons (Fsp3) is 0.800. The van der Waals surface area contributed by atoms with E-state index in [0.29, 0.717) is 6.04 Å². The van der Waals surface area contributed by atoms with Crippen molar-refractivity contribution in [3.05, 3.63) is 16.1 Å². The molecule has 1 aromatic rings. The molecule has 0 saturated heterocycles. The summed E-state index contributed by atoms with van der Waals surface area (Å²) in [4.78, 5) is 6.97. The van der Waals surface area contributed by atoms with E-state index >= 15 is 0 Å². The number of aromatic nitrogens is 1. The summed E-state index contributed by atoms with van der Waals surface area (Å²) in [6, 6.07) is 0.439. The zero-order valence-electron chi connectivity index (χ0n) is 13.3. The van der Waals surface area contributed by atoms with Crippen LogP contribution in [-0.4, -0.2) is 42.1 Å². The molecule has 19 heavy (non-hydrogen) atoms. The van der Waals surface area contributed by atoms with Crippen molar-refractivity contribution in [3.8, 4) is 0 Å². The highest BCUT2D eigenvalue weighted by Crippen LogP contribution is 2.24. The molecule has 0 fully saturated rings. The standard InChI is InChI=1S/C15H29N3S/c1-7-9-16-14(15(4,8-2)18(5)6)10-13-11-19-12(3)17-13/h11,14,16H,7-10H2,1-6H3. The Morgan fingerprint density at radius 3 is 2.53 bits per heavy atom. The molecule has 3 nitrogen and oxygen atoms in total. The van der Waals surface area contributed by atoms with Crippen LogP contribution < -0.4 is 5.32 Å². The highest BCUT2D eigenvalue weighted by molar-refractivity contribution is 7.09. The van der Waals surface area contributed by atoms with Crippen molar-refractivity contribution in [2.75, 3.05) is 20.6 Å². The van der Waals surface area contributed by atoms with Crippen LogP contribution in [0, 0.1) is 6.92 Å². The number of nitrogens with one attached hydrogen (secondary N) is 1. The summed E-state index contributed by atoms with van der Waals surface area (Å²) in [5.41, 5.74) is 1.38. The van der Waals surface area contributed by atoms with Crippen molar-refractivity contribution in [3.63, 3.8) is 0 Å². The highest BCUT2D eigenvalue weighted by Gasteiger charge is 2.34. The van der Waals surface area contributed by atoms with Gasteiger partial charge in [-0.15, -0.1) is 11.3 Å². The van der Waals surface area contributed by atoms with Gasteiger partial charge in [0.1, 0.15) is 0 Å². The monoisotopic (exact) mass is 283 g/mol. The summed E-state index contributed by atoms with van der Waals surface area (Å²) in [5.74, 6) is 0. The van der Waals surface area contributed by atoms with Crippen LogP contribution in [0.25, 0.3) is 0 Å². The molecular weight excluding hydrogens is 254 g/mol. The van der Waals surface area contributed by atoms with Gasteiger partial charge in [-0.3, -0.25) is 0 Å². The number of hydrogen-bond donors (Lipinski definition) is 1. The van der Waals surface area contributed by atoms with E-state index in [1.807, 2.05) is 0 Å². The van der Waals surface area contributed by atoms with Gasteiger partial charge in [-0.05, 0) is 47.3 Å². The normalized spacial score (nSPS) is 16.6. The average molecular weight is 283 g/mol. The minimum atomic E-state index is 0.159. The quantitative estimate of drug-likeness (QED) is 0.794. The minimum Gasteiger partial charge on any atom is -0.312 e. The Bertz CT molecular complexity index is 375. The lowest BCUT2D eigenvalue weighted by molar-refractivity contribution is 0.112. The zero-order valence-corrected chi connectivity index (χ0v) is 14.1. The predicted octanol–water partition coefficient (Wildman–Crippen LogP) is 3.09. The maximum absolute atomic E-state index is 4.63. The number of likely N-dealkylation sites (N-methyl/N-ethyl adjacent to an activating group) is 1. The van der Waals surface area contributed by atoms with Crippen LogP contribution in [0.3, 0.4) is 0 Å². The lowest BCUT2D eigenvalue weighted by atomic mass is 9.85. The van der Waals surface area contributed by atoms with Gasteiger partial charge in [-0.25, -0.2) is 4.98 Å². The molecule has 4 heteroatoms. The molecule has 0 bridgehead atoms. The van der Waals surface area contributed by atoms with Crippen molar-refractivity contribution in [2.45, 2.75) is 58.5 Å². The van der Waals surface area contributed by atoms with Crippen molar-refractivity contribution >= 4 is 11.3 Å². The van der Waals surface area contributed by atoms with Gasteiger partial charge in [0.15, 0.2) is 0 Å². The van der Waals surface area contributed by atoms with Crippen LogP contribution in [0.15, 0.2) is 5.38 Å². The van der Waals surface area contributed by atoms with Crippen molar-refractivity contribution < 1.29 is 0 Å². The van der Waals surface area contributed by atoms with E-state index in [1.54, 1.807) is 11.3 Å². The molecule has 0 aromatic carbocycles. The van der Waals surface area contributed by atoms with Gasteiger partial charge in [0.2, 0.25) is 0 Å². The highest BCUT2D eigenvalue weighted by atomic mass is 32.1. The number of thiazole rings is 1. The van der Waals surface area contributed by atoms with Crippen LogP contribution >= 0.6 is 11.3 Å². The first-order valence-electron chi connectivity index (χ1n) is 7.25. The Morgan fingerprint density at radius 1 is 1.42 bits per heavy atom. The molecular formula is C15H29N3S. The maximum Gasteiger partial charge on any atom is 0.0897 e. The van der Waals surface area contributed by atoms with E-state index in [0.717, 1.165) is 24.4 Å². The first-order valence-corrected chi connectivity index (χ1v) is 8.13. The van der Waals surface area contributed by atoms with Crippen LogP contribution in [-0.2, 0) is 6.42 Å². The summed E-state index contributed by atoms with van der Waals surface area (Å²) < 4.78 is 0. The molecule has 110 valence electrons. The van der Waals surface area contributed by atoms with Crippen molar-refractivity contribution in [2.24, 2.45) is 0 Å². The fourth-order valence-electron chi connectivity index (χ4n) is 2.42. The second kappa shape index (κ2) is 7.36. The Morgan fingerprint density at radius 2 is 2.11 bits per heavy atom. The summed E-state index contributed by atoms with van der Waals surface area (Å²) in [5, 5.41) is 7.08. The second-order valence-electron chi connectivity index (χ2n) is 5.67. The third kappa shape index (κ3) is 4.26. The maximum atomic E-state index is 4.63. The number of rotatable bonds is 8. The predicted molar refractivity (Wildman–Crippen MR) is 85.0 cm³/mol. The molecule has 1 N–H and O–H groups in total. The first-order chi connectivity index (χ1) is 8.93. The van der Waals surface area contributed by atoms with E-state index in [9.17, 15) is 0 Å². The number of aryl methyl sites for hydroxylation is 1. The Kier molecular flexibility index (Phi) is 6.43. The number of nitrogens with zero attached hydrogens (tertiary/aromatic N) is 2. The molecule has 0 spiro atoms. The molecule has 0 radical (unpaired) electrons. The van der Waals surface area contributed by atoms with Gasteiger partial charge in [-0.1, -0.05) is 13.8 Å². The van der Waals surface area contributed by atoms with E-state index in [2.05, 4.69) is 62.4 Å². The summed E-state index contributed by atoms with van der Waals surface area (Å²) in [6.07, 6.45) is 3.30. The molecule has 0 aliphatic carbocycles. The average Bonchev–Trinajstić information content (AvgIpc) is 2.78. The van der Waals surface area contributed by atoms with Crippen LogP contribution in [0.2, 0.25) is 0 Å². The third-order valence-electron chi connectivity index (χ3n) is 4.21. The topological polar surface area (TPSA) is 28.2 Å². The van der Waals surface area contributed by atoms with Gasteiger partial charge >= 0.3 is 0 Å². The fourth-order valence-corrected chi connectivity index (χ4v) is 3.04. The molecule has 0 aliphatic heterocycles. The largest absolute Gasteiger partial charge is 0.312 e. The van der Waals surface area contributed by atoms with Crippen LogP contribution in [0.1, 0.15) is 44.3 Å². The second-order valence-corrected chi connectivity index (χ2v) is 6.74. The molecule has 2 atom stereocenters. The van der Waals surface area contributed by atoms with Gasteiger partial charge < -0.3 is 10.2 Å². The Hall–Kier alpha value is -0.450. The zero-order chi connectivity index (χ0) is 14.5. The van der Waals surface area contributed by atoms with E-state index < -0.39 is 0 Å². The first kappa shape index (κ1) is 16.6. The van der Waals surface area contributed by atoms with Crippen LogP contribution in [0.4, 0.5) is 0 Å². The minimum absolute atomic E-state index is 0.159. The van der Waals surface area contributed by atoms with E-state index in [1.165, 1.54) is 12.1 Å². The Labute approximate surface area is 122 Å². The van der Waals surface area contributed by atoms with E-state index in [4.69, 9.17) is 0 Å².